The Morgan fingerprint density at radius 3 is 2.69 bits per heavy atom. The lowest BCUT2D eigenvalue weighted by atomic mass is 10.1. The topological polar surface area (TPSA) is 17.1 Å². The highest BCUT2D eigenvalue weighted by molar-refractivity contribution is 9.10. The predicted octanol–water partition coefficient (Wildman–Crippen LogP) is 4.53. The molecule has 16 heavy (non-hydrogen) atoms. The Hall–Kier alpha value is -0.710. The summed E-state index contributed by atoms with van der Waals surface area (Å²) in [6.45, 7) is 0. The zero-order valence-electron chi connectivity index (χ0n) is 7.84. The molecule has 0 radical (unpaired) electrons. The number of carbonyl (C=O) groups is 1. The fraction of sp³-hybridized carbons (Fsp3) is 0. The summed E-state index contributed by atoms with van der Waals surface area (Å²) >= 11 is 10.3. The van der Waals surface area contributed by atoms with Crippen molar-refractivity contribution in [2.24, 2.45) is 0 Å². The molecule has 1 heterocycles. The molecule has 0 atom stereocenters. The number of carbonyl (C=O) groups excluding carboxylic acids is 1. The van der Waals surface area contributed by atoms with Crippen LogP contribution >= 0.6 is 38.9 Å². The smallest absolute Gasteiger partial charge is 0.208 e. The normalized spacial score (nSPS) is 10.4. The summed E-state index contributed by atoms with van der Waals surface area (Å²) in [5.74, 6) is -0.997. The Morgan fingerprint density at radius 1 is 1.38 bits per heavy atom. The first kappa shape index (κ1) is 11.8. The largest absolute Gasteiger partial charge is 0.287 e. The maximum Gasteiger partial charge on any atom is 0.208 e. The van der Waals surface area contributed by atoms with E-state index in [9.17, 15) is 9.18 Å². The van der Waals surface area contributed by atoms with E-state index in [1.807, 2.05) is 0 Å². The van der Waals surface area contributed by atoms with Crippen LogP contribution < -0.4 is 0 Å². The molecule has 1 aromatic heterocycles. The Morgan fingerprint density at radius 2 is 2.12 bits per heavy atom. The van der Waals surface area contributed by atoms with Gasteiger partial charge >= 0.3 is 0 Å². The van der Waals surface area contributed by atoms with Gasteiger partial charge in [-0.3, -0.25) is 4.79 Å². The van der Waals surface area contributed by atoms with Crippen molar-refractivity contribution < 1.29 is 9.18 Å². The molecule has 2 aromatic rings. The van der Waals surface area contributed by atoms with Gasteiger partial charge in [-0.1, -0.05) is 17.7 Å². The van der Waals surface area contributed by atoms with Crippen LogP contribution in [-0.2, 0) is 0 Å². The maximum absolute atomic E-state index is 13.5. The quantitative estimate of drug-likeness (QED) is 0.743. The van der Waals surface area contributed by atoms with Gasteiger partial charge in [0.05, 0.1) is 15.5 Å². The van der Waals surface area contributed by atoms with Crippen LogP contribution in [0.3, 0.4) is 0 Å². The molecule has 0 aliphatic heterocycles. The summed E-state index contributed by atoms with van der Waals surface area (Å²) in [5, 5.41) is 1.89. The second-order valence-electron chi connectivity index (χ2n) is 3.02. The van der Waals surface area contributed by atoms with Gasteiger partial charge in [-0.25, -0.2) is 4.39 Å². The number of halogens is 3. The van der Waals surface area contributed by atoms with Crippen molar-refractivity contribution in [1.29, 1.82) is 0 Å². The first-order valence-corrected chi connectivity index (χ1v) is 6.38. The number of hydrogen-bond acceptors (Lipinski definition) is 2. The molecule has 0 bridgehead atoms. The van der Waals surface area contributed by atoms with Crippen LogP contribution in [0.4, 0.5) is 4.39 Å². The average Bonchev–Trinajstić information content (AvgIpc) is 2.64. The molecule has 0 amide bonds. The second kappa shape index (κ2) is 4.65. The lowest BCUT2D eigenvalue weighted by Crippen LogP contribution is -2.03. The van der Waals surface area contributed by atoms with Crippen molar-refractivity contribution in [3.05, 3.63) is 55.4 Å². The lowest BCUT2D eigenvalue weighted by molar-refractivity contribution is 0.103. The summed E-state index contributed by atoms with van der Waals surface area (Å²) in [6, 6.07) is 5.94. The van der Waals surface area contributed by atoms with Crippen LogP contribution in [0.15, 0.2) is 34.1 Å². The van der Waals surface area contributed by atoms with Crippen molar-refractivity contribution in [3.8, 4) is 0 Å². The molecule has 0 spiro atoms. The third kappa shape index (κ3) is 2.05. The van der Waals surface area contributed by atoms with Crippen LogP contribution in [-0.4, -0.2) is 5.78 Å². The third-order valence-corrected chi connectivity index (χ3v) is 4.16. The minimum absolute atomic E-state index is 0.0766. The van der Waals surface area contributed by atoms with Crippen LogP contribution in [0, 0.1) is 5.82 Å². The van der Waals surface area contributed by atoms with E-state index in [2.05, 4.69) is 15.9 Å². The van der Waals surface area contributed by atoms with E-state index < -0.39 is 11.6 Å². The standard InChI is InChI=1S/C11H5BrClFOS/c12-6-4-5-16-11(6)10(15)9-7(13)2-1-3-8(9)14/h1-5H. The van der Waals surface area contributed by atoms with E-state index in [4.69, 9.17) is 11.6 Å². The summed E-state index contributed by atoms with van der Waals surface area (Å²) in [6.07, 6.45) is 0. The summed E-state index contributed by atoms with van der Waals surface area (Å²) in [5.41, 5.74) is -0.0766. The van der Waals surface area contributed by atoms with E-state index in [0.29, 0.717) is 9.35 Å². The van der Waals surface area contributed by atoms with Crippen molar-refractivity contribution in [3.63, 3.8) is 0 Å². The highest BCUT2D eigenvalue weighted by Gasteiger charge is 2.20. The molecule has 0 aliphatic rings. The minimum atomic E-state index is -0.599. The van der Waals surface area contributed by atoms with Gasteiger partial charge in [0.15, 0.2) is 0 Å². The predicted molar refractivity (Wildman–Crippen MR) is 66.9 cm³/mol. The minimum Gasteiger partial charge on any atom is -0.287 e. The van der Waals surface area contributed by atoms with Gasteiger partial charge in [0.2, 0.25) is 5.78 Å². The SMILES string of the molecule is O=C(c1sccc1Br)c1c(F)cccc1Cl. The number of rotatable bonds is 2. The molecule has 0 fully saturated rings. The zero-order chi connectivity index (χ0) is 11.7. The molecule has 1 nitrogen and oxygen atoms in total. The average molecular weight is 320 g/mol. The first-order chi connectivity index (χ1) is 7.61. The molecule has 0 aliphatic carbocycles. The van der Waals surface area contributed by atoms with Gasteiger partial charge in [0.1, 0.15) is 5.82 Å². The summed E-state index contributed by atoms with van der Waals surface area (Å²) in [7, 11) is 0. The fourth-order valence-corrected chi connectivity index (χ4v) is 3.03. The molecular formula is C11H5BrClFOS. The number of thiophene rings is 1. The summed E-state index contributed by atoms with van der Waals surface area (Å²) < 4.78 is 14.2. The summed E-state index contributed by atoms with van der Waals surface area (Å²) in [4.78, 5) is 12.5. The van der Waals surface area contributed by atoms with Crippen molar-refractivity contribution >= 4 is 44.7 Å². The van der Waals surface area contributed by atoms with Gasteiger partial charge in [-0.2, -0.15) is 0 Å². The Kier molecular flexibility index (Phi) is 3.42. The monoisotopic (exact) mass is 318 g/mol. The van der Waals surface area contributed by atoms with E-state index in [0.717, 1.165) is 0 Å². The highest BCUT2D eigenvalue weighted by Crippen LogP contribution is 2.29. The van der Waals surface area contributed by atoms with Crippen LogP contribution in [0.1, 0.15) is 15.2 Å². The zero-order valence-corrected chi connectivity index (χ0v) is 11.0. The van der Waals surface area contributed by atoms with Crippen molar-refractivity contribution in [2.75, 3.05) is 0 Å². The molecular weight excluding hydrogens is 315 g/mol. The fourth-order valence-electron chi connectivity index (χ4n) is 1.28. The van der Waals surface area contributed by atoms with Gasteiger partial charge in [0.25, 0.3) is 0 Å². The lowest BCUT2D eigenvalue weighted by Gasteiger charge is -2.03. The van der Waals surface area contributed by atoms with Gasteiger partial charge in [0, 0.05) is 4.47 Å². The molecule has 0 N–H and O–H groups in total. The van der Waals surface area contributed by atoms with Gasteiger partial charge in [-0.05, 0) is 39.5 Å². The Labute approximate surface area is 109 Å². The number of hydrogen-bond donors (Lipinski definition) is 0. The Balaban J connectivity index is 2.54. The highest BCUT2D eigenvalue weighted by atomic mass is 79.9. The third-order valence-electron chi connectivity index (χ3n) is 2.01. The molecule has 82 valence electrons. The van der Waals surface area contributed by atoms with Gasteiger partial charge in [-0.15, -0.1) is 11.3 Å². The molecule has 5 heteroatoms. The number of ketones is 1. The first-order valence-electron chi connectivity index (χ1n) is 4.33. The molecule has 0 saturated heterocycles. The van der Waals surface area contributed by atoms with Gasteiger partial charge < -0.3 is 0 Å². The van der Waals surface area contributed by atoms with E-state index in [-0.39, 0.29) is 10.6 Å². The number of benzene rings is 1. The van der Waals surface area contributed by atoms with E-state index >= 15 is 0 Å². The van der Waals surface area contributed by atoms with Crippen molar-refractivity contribution in [1.82, 2.24) is 0 Å². The van der Waals surface area contributed by atoms with Crippen molar-refractivity contribution in [2.45, 2.75) is 0 Å². The molecule has 0 unspecified atom stereocenters. The van der Waals surface area contributed by atoms with Crippen LogP contribution in [0.25, 0.3) is 0 Å². The van der Waals surface area contributed by atoms with Crippen LogP contribution in [0.5, 0.6) is 0 Å². The molecule has 1 aromatic carbocycles. The second-order valence-corrected chi connectivity index (χ2v) is 5.20. The Bertz CT molecular complexity index is 532. The van der Waals surface area contributed by atoms with Crippen LogP contribution in [0.2, 0.25) is 5.02 Å². The molecule has 0 saturated carbocycles. The van der Waals surface area contributed by atoms with E-state index in [1.54, 1.807) is 11.4 Å². The maximum atomic E-state index is 13.5. The molecule has 2 rings (SSSR count). The van der Waals surface area contributed by atoms with E-state index in [1.165, 1.54) is 29.5 Å².